The average Bonchev–Trinajstić information content (AvgIpc) is 3.36. The number of imidazole rings is 1. The van der Waals surface area contributed by atoms with Gasteiger partial charge in [-0.3, -0.25) is 4.79 Å². The molecule has 7 rings (SSSR count). The molecule has 0 saturated heterocycles. The Bertz CT molecular complexity index is 1150. The lowest BCUT2D eigenvalue weighted by atomic mass is 9.42. The molecular formula is C29H33N3O2. The highest BCUT2D eigenvalue weighted by Gasteiger charge is 2.60. The minimum absolute atomic E-state index is 0.132. The molecule has 1 heterocycles. The molecule has 5 nitrogen and oxygen atoms in total. The SMILES string of the molecule is COc1ccc(C23CC4CC(CC(C(=O)NCc5ccccc5Cn5ccnc5)(C4)C2)C3)cc1. The molecule has 34 heavy (non-hydrogen) atoms. The molecule has 1 amide bonds. The zero-order chi connectivity index (χ0) is 23.2. The second-order valence-electron chi connectivity index (χ2n) is 10.9. The Kier molecular flexibility index (Phi) is 5.23. The van der Waals surface area contributed by atoms with Crippen molar-refractivity contribution in [2.75, 3.05) is 7.11 Å². The van der Waals surface area contributed by atoms with Crippen LogP contribution in [0, 0.1) is 17.3 Å². The topological polar surface area (TPSA) is 56.1 Å². The van der Waals surface area contributed by atoms with Crippen molar-refractivity contribution in [3.8, 4) is 5.75 Å². The Balaban J connectivity index is 1.22. The number of carbonyl (C=O) groups is 1. The van der Waals surface area contributed by atoms with E-state index >= 15 is 0 Å². The fourth-order valence-corrected chi connectivity index (χ4v) is 7.63. The molecule has 1 aromatic heterocycles. The van der Waals surface area contributed by atoms with Crippen LogP contribution in [-0.4, -0.2) is 22.6 Å². The van der Waals surface area contributed by atoms with E-state index in [1.165, 1.54) is 36.0 Å². The van der Waals surface area contributed by atoms with Crippen molar-refractivity contribution < 1.29 is 9.53 Å². The lowest BCUT2D eigenvalue weighted by Crippen LogP contribution is -2.59. The quantitative estimate of drug-likeness (QED) is 0.540. The van der Waals surface area contributed by atoms with Crippen LogP contribution in [0.1, 0.15) is 55.2 Å². The molecule has 2 aromatic carbocycles. The highest BCUT2D eigenvalue weighted by atomic mass is 16.5. The average molecular weight is 456 g/mol. The molecule has 0 spiro atoms. The third-order valence-electron chi connectivity index (χ3n) is 8.72. The maximum Gasteiger partial charge on any atom is 0.226 e. The van der Waals surface area contributed by atoms with Gasteiger partial charge < -0.3 is 14.6 Å². The van der Waals surface area contributed by atoms with Gasteiger partial charge in [0.2, 0.25) is 5.91 Å². The van der Waals surface area contributed by atoms with E-state index in [4.69, 9.17) is 4.74 Å². The second-order valence-corrected chi connectivity index (χ2v) is 10.9. The summed E-state index contributed by atoms with van der Waals surface area (Å²) in [5.41, 5.74) is 3.70. The number of rotatable bonds is 7. The number of aromatic nitrogens is 2. The standard InChI is InChI=1S/C29H33N3O2/c1-34-26-8-6-25(7-9-26)28-13-21-12-22(14-28)16-29(15-21,19-28)27(33)31-17-23-4-2-3-5-24(23)18-32-11-10-30-20-32/h2-11,20-22H,12-19H2,1H3,(H,31,33). The van der Waals surface area contributed by atoms with Gasteiger partial charge in [-0.1, -0.05) is 36.4 Å². The van der Waals surface area contributed by atoms with E-state index in [9.17, 15) is 4.79 Å². The lowest BCUT2D eigenvalue weighted by molar-refractivity contribution is -0.149. The van der Waals surface area contributed by atoms with Crippen LogP contribution in [0.25, 0.3) is 0 Å². The largest absolute Gasteiger partial charge is 0.497 e. The van der Waals surface area contributed by atoms with Gasteiger partial charge in [0.05, 0.1) is 18.9 Å². The van der Waals surface area contributed by atoms with Gasteiger partial charge in [0.1, 0.15) is 5.75 Å². The molecule has 0 aliphatic heterocycles. The molecular weight excluding hydrogens is 422 g/mol. The van der Waals surface area contributed by atoms with Crippen LogP contribution in [0.15, 0.2) is 67.3 Å². The Labute approximate surface area is 201 Å². The molecule has 4 bridgehead atoms. The number of benzene rings is 2. The summed E-state index contributed by atoms with van der Waals surface area (Å²) >= 11 is 0. The number of ether oxygens (including phenoxy) is 1. The van der Waals surface area contributed by atoms with E-state index in [1.807, 2.05) is 12.5 Å². The summed E-state index contributed by atoms with van der Waals surface area (Å²) in [7, 11) is 1.71. The molecule has 3 aromatic rings. The zero-order valence-corrected chi connectivity index (χ0v) is 19.9. The number of nitrogens with zero attached hydrogens (tertiary/aromatic N) is 2. The third kappa shape index (κ3) is 3.71. The van der Waals surface area contributed by atoms with E-state index in [2.05, 4.69) is 63.4 Å². The highest BCUT2D eigenvalue weighted by Crippen LogP contribution is 2.65. The number of hydrogen-bond acceptors (Lipinski definition) is 3. The Morgan fingerprint density at radius 3 is 2.47 bits per heavy atom. The highest BCUT2D eigenvalue weighted by molar-refractivity contribution is 5.83. The molecule has 5 heteroatoms. The molecule has 4 fully saturated rings. The van der Waals surface area contributed by atoms with Gasteiger partial charge in [0.15, 0.2) is 0 Å². The van der Waals surface area contributed by atoms with E-state index in [0.29, 0.717) is 18.4 Å². The van der Waals surface area contributed by atoms with Gasteiger partial charge >= 0.3 is 0 Å². The summed E-state index contributed by atoms with van der Waals surface area (Å²) < 4.78 is 7.46. The molecule has 4 saturated carbocycles. The predicted octanol–water partition coefficient (Wildman–Crippen LogP) is 5.09. The zero-order valence-electron chi connectivity index (χ0n) is 19.9. The number of amides is 1. The van der Waals surface area contributed by atoms with E-state index < -0.39 is 0 Å². The predicted molar refractivity (Wildman–Crippen MR) is 131 cm³/mol. The minimum Gasteiger partial charge on any atom is -0.497 e. The monoisotopic (exact) mass is 455 g/mol. The molecule has 2 unspecified atom stereocenters. The fourth-order valence-electron chi connectivity index (χ4n) is 7.63. The van der Waals surface area contributed by atoms with Crippen LogP contribution >= 0.6 is 0 Å². The van der Waals surface area contributed by atoms with E-state index in [-0.39, 0.29) is 16.7 Å². The van der Waals surface area contributed by atoms with Gasteiger partial charge in [-0.2, -0.15) is 0 Å². The molecule has 2 atom stereocenters. The Hall–Kier alpha value is -3.08. The van der Waals surface area contributed by atoms with Gasteiger partial charge in [0.25, 0.3) is 0 Å². The van der Waals surface area contributed by atoms with Crippen LogP contribution in [0.2, 0.25) is 0 Å². The summed E-state index contributed by atoms with van der Waals surface area (Å²) in [6.45, 7) is 1.35. The first kappa shape index (κ1) is 21.5. The van der Waals surface area contributed by atoms with E-state index in [0.717, 1.165) is 31.6 Å². The summed E-state index contributed by atoms with van der Waals surface area (Å²) in [4.78, 5) is 18.0. The molecule has 4 aliphatic carbocycles. The second kappa shape index (κ2) is 8.30. The van der Waals surface area contributed by atoms with Crippen molar-refractivity contribution in [1.29, 1.82) is 0 Å². The van der Waals surface area contributed by atoms with Crippen LogP contribution in [-0.2, 0) is 23.3 Å². The van der Waals surface area contributed by atoms with Crippen LogP contribution < -0.4 is 10.1 Å². The van der Waals surface area contributed by atoms with Gasteiger partial charge in [-0.05, 0) is 84.6 Å². The van der Waals surface area contributed by atoms with Crippen molar-refractivity contribution in [3.05, 3.63) is 83.9 Å². The van der Waals surface area contributed by atoms with Crippen LogP contribution in [0.4, 0.5) is 0 Å². The van der Waals surface area contributed by atoms with Gasteiger partial charge in [0, 0.05) is 25.5 Å². The van der Waals surface area contributed by atoms with Crippen LogP contribution in [0.3, 0.4) is 0 Å². The van der Waals surface area contributed by atoms with Crippen molar-refractivity contribution in [1.82, 2.24) is 14.9 Å². The van der Waals surface area contributed by atoms with Crippen LogP contribution in [0.5, 0.6) is 5.75 Å². The van der Waals surface area contributed by atoms with Crippen molar-refractivity contribution >= 4 is 5.91 Å². The smallest absolute Gasteiger partial charge is 0.226 e. The van der Waals surface area contributed by atoms with Gasteiger partial charge in [-0.25, -0.2) is 4.98 Å². The summed E-state index contributed by atoms with van der Waals surface area (Å²) in [6, 6.07) is 17.0. The van der Waals surface area contributed by atoms with Crippen molar-refractivity contribution in [2.24, 2.45) is 17.3 Å². The Morgan fingerprint density at radius 2 is 1.79 bits per heavy atom. The van der Waals surface area contributed by atoms with E-state index in [1.54, 1.807) is 13.3 Å². The normalized spacial score (nSPS) is 29.2. The maximum absolute atomic E-state index is 13.8. The number of methoxy groups -OCH3 is 1. The molecule has 4 aliphatic rings. The molecule has 176 valence electrons. The molecule has 0 radical (unpaired) electrons. The number of nitrogens with one attached hydrogen (secondary N) is 1. The van der Waals surface area contributed by atoms with Crippen molar-refractivity contribution in [2.45, 2.75) is 57.0 Å². The third-order valence-corrected chi connectivity index (χ3v) is 8.72. The summed E-state index contributed by atoms with van der Waals surface area (Å²) in [6.07, 6.45) is 12.4. The molecule has 1 N–H and O–H groups in total. The Morgan fingerprint density at radius 1 is 1.06 bits per heavy atom. The maximum atomic E-state index is 13.8. The number of carbonyl (C=O) groups excluding carboxylic acids is 1. The minimum atomic E-state index is -0.233. The fraction of sp³-hybridized carbons (Fsp3) is 0.448. The first-order chi connectivity index (χ1) is 16.6. The lowest BCUT2D eigenvalue weighted by Gasteiger charge is -2.61. The first-order valence-electron chi connectivity index (χ1n) is 12.5. The summed E-state index contributed by atoms with van der Waals surface area (Å²) in [5, 5.41) is 3.38. The number of hydrogen-bond donors (Lipinski definition) is 1. The summed E-state index contributed by atoms with van der Waals surface area (Å²) in [5.74, 6) is 2.47. The first-order valence-corrected chi connectivity index (χ1v) is 12.5. The van der Waals surface area contributed by atoms with Crippen molar-refractivity contribution in [3.63, 3.8) is 0 Å². The van der Waals surface area contributed by atoms with Gasteiger partial charge in [-0.15, -0.1) is 0 Å².